The Labute approximate surface area is 240 Å². The van der Waals surface area contributed by atoms with Crippen LogP contribution in [0.5, 0.6) is 5.75 Å². The minimum Gasteiger partial charge on any atom is -0.491 e. The smallest absolute Gasteiger partial charge is 0.201 e. The van der Waals surface area contributed by atoms with Gasteiger partial charge in [0.05, 0.1) is 6.61 Å². The van der Waals surface area contributed by atoms with Gasteiger partial charge in [0.1, 0.15) is 12.4 Å². The van der Waals surface area contributed by atoms with Crippen molar-refractivity contribution >= 4 is 23.5 Å². The van der Waals surface area contributed by atoms with Crippen LogP contribution in [0.4, 0.5) is 0 Å². The molecule has 2 aromatic rings. The normalized spacial score (nSPS) is 36.7. The summed E-state index contributed by atoms with van der Waals surface area (Å²) in [6, 6.07) is 14.5. The zero-order valence-electron chi connectivity index (χ0n) is 23.2. The van der Waals surface area contributed by atoms with Gasteiger partial charge in [-0.05, 0) is 86.1 Å². The Morgan fingerprint density at radius 1 is 1.02 bits per heavy atom. The Balaban J connectivity index is 1.03. The van der Waals surface area contributed by atoms with Gasteiger partial charge in [0.2, 0.25) is 5.79 Å². The number of allylic oxidation sites excluding steroid dienone is 1. The molecule has 4 aliphatic heterocycles. The van der Waals surface area contributed by atoms with Crippen LogP contribution in [0, 0.1) is 23.7 Å². The van der Waals surface area contributed by atoms with Crippen LogP contribution in [0.25, 0.3) is 6.08 Å². The zero-order valence-corrected chi connectivity index (χ0v) is 24.0. The molecule has 4 heterocycles. The van der Waals surface area contributed by atoms with E-state index in [9.17, 15) is 4.79 Å². The van der Waals surface area contributed by atoms with E-state index in [-0.39, 0.29) is 17.6 Å². The minimum absolute atomic E-state index is 0.104. The molecule has 0 N–H and O–H groups in total. The molecule has 40 heavy (non-hydrogen) atoms. The number of ether oxygens (including phenoxy) is 4. The zero-order chi connectivity index (χ0) is 27.9. The largest absolute Gasteiger partial charge is 0.491 e. The van der Waals surface area contributed by atoms with Crippen molar-refractivity contribution in [3.05, 3.63) is 70.8 Å². The summed E-state index contributed by atoms with van der Waals surface area (Å²) in [6.07, 6.45) is 6.27. The molecular formula is C32H37ClO7. The van der Waals surface area contributed by atoms with Crippen LogP contribution in [0.1, 0.15) is 62.4 Å². The molecule has 0 unspecified atom stereocenters. The van der Waals surface area contributed by atoms with Crippen LogP contribution in [0.2, 0.25) is 5.02 Å². The second-order valence-corrected chi connectivity index (χ2v) is 12.1. The van der Waals surface area contributed by atoms with Crippen molar-refractivity contribution in [1.29, 1.82) is 0 Å². The highest BCUT2D eigenvalue weighted by Gasteiger charge is 2.69. The average molecular weight is 569 g/mol. The van der Waals surface area contributed by atoms with Crippen molar-refractivity contribution in [2.45, 2.75) is 70.4 Å². The molecular weight excluding hydrogens is 532 g/mol. The lowest BCUT2D eigenvalue weighted by molar-refractivity contribution is -0.577. The highest BCUT2D eigenvalue weighted by molar-refractivity contribution is 6.32. The van der Waals surface area contributed by atoms with Gasteiger partial charge in [-0.15, -0.1) is 0 Å². The molecule has 2 aromatic carbocycles. The third kappa shape index (κ3) is 5.13. The molecule has 2 bridgehead atoms. The van der Waals surface area contributed by atoms with Gasteiger partial charge in [0.25, 0.3) is 0 Å². The molecule has 5 fully saturated rings. The van der Waals surface area contributed by atoms with Crippen molar-refractivity contribution in [2.24, 2.45) is 23.7 Å². The number of halogens is 1. The van der Waals surface area contributed by atoms with Gasteiger partial charge in [0, 0.05) is 28.8 Å². The Hall–Kier alpha value is -2.26. The maximum absolute atomic E-state index is 12.6. The Bertz CT molecular complexity index is 1250. The van der Waals surface area contributed by atoms with E-state index in [0.717, 1.165) is 31.2 Å². The molecule has 0 radical (unpaired) electrons. The number of fused-ring (bicyclic) bond motifs is 2. The fourth-order valence-corrected chi connectivity index (χ4v) is 7.17. The maximum Gasteiger partial charge on any atom is 0.201 e. The number of carbonyl (C=O) groups is 1. The van der Waals surface area contributed by atoms with Crippen molar-refractivity contribution < 1.29 is 33.5 Å². The first kappa shape index (κ1) is 27.9. The standard InChI is InChI=1S/C32H37ClO7/c1-20-8-14-26-21(2)29(37-30-32(26)25(20)16-17-31(3,38-30)39-40-32)36-19-18-35-24-12-9-23(10-13-24)28(34)15-11-22-6-4-5-7-27(22)33/h4-7,9-13,15,20-21,25-26,29-30H,8,14,16-19H2,1-3H3/b15-11+/t20-,21-,25+,26+,29+,30-,31+,32-/m1/s1. The van der Waals surface area contributed by atoms with Gasteiger partial charge < -0.3 is 18.9 Å². The van der Waals surface area contributed by atoms with E-state index >= 15 is 0 Å². The fraction of sp³-hybridized carbons (Fsp3) is 0.531. The summed E-state index contributed by atoms with van der Waals surface area (Å²) in [5, 5.41) is 0.605. The van der Waals surface area contributed by atoms with E-state index in [2.05, 4.69) is 13.8 Å². The molecule has 0 aromatic heterocycles. The molecule has 5 aliphatic rings. The number of carbonyl (C=O) groups excluding carboxylic acids is 1. The summed E-state index contributed by atoms with van der Waals surface area (Å²) in [7, 11) is 0. The highest BCUT2D eigenvalue weighted by Crippen LogP contribution is 2.60. The van der Waals surface area contributed by atoms with E-state index in [4.69, 9.17) is 40.3 Å². The van der Waals surface area contributed by atoms with Crippen LogP contribution >= 0.6 is 11.6 Å². The second kappa shape index (κ2) is 11.2. The van der Waals surface area contributed by atoms with E-state index in [1.807, 2.05) is 25.1 Å². The van der Waals surface area contributed by atoms with Gasteiger partial charge in [0.15, 0.2) is 24.0 Å². The molecule has 1 aliphatic carbocycles. The number of hydrogen-bond donors (Lipinski definition) is 0. The first-order chi connectivity index (χ1) is 19.3. The van der Waals surface area contributed by atoms with Gasteiger partial charge in [-0.25, -0.2) is 9.78 Å². The number of rotatable bonds is 8. The lowest BCUT2D eigenvalue weighted by Gasteiger charge is -2.60. The third-order valence-electron chi connectivity index (χ3n) is 9.19. The Morgan fingerprint density at radius 2 is 1.82 bits per heavy atom. The summed E-state index contributed by atoms with van der Waals surface area (Å²) in [6.45, 7) is 7.12. The minimum atomic E-state index is -0.802. The summed E-state index contributed by atoms with van der Waals surface area (Å²) in [4.78, 5) is 24.6. The maximum atomic E-state index is 12.6. The number of ketones is 1. The van der Waals surface area contributed by atoms with Crippen molar-refractivity contribution in [3.63, 3.8) is 0 Å². The molecule has 214 valence electrons. The van der Waals surface area contributed by atoms with Crippen molar-refractivity contribution in [1.82, 2.24) is 0 Å². The lowest BCUT2D eigenvalue weighted by atomic mass is 9.58. The van der Waals surface area contributed by atoms with E-state index < -0.39 is 24.0 Å². The molecule has 0 amide bonds. The predicted octanol–water partition coefficient (Wildman–Crippen LogP) is 6.84. The molecule has 8 atom stereocenters. The van der Waals surface area contributed by atoms with Gasteiger partial charge in [-0.3, -0.25) is 4.79 Å². The quantitative estimate of drug-likeness (QED) is 0.149. The van der Waals surface area contributed by atoms with Gasteiger partial charge >= 0.3 is 0 Å². The first-order valence-corrected chi connectivity index (χ1v) is 14.7. The first-order valence-electron chi connectivity index (χ1n) is 14.3. The van der Waals surface area contributed by atoms with Crippen LogP contribution in [-0.4, -0.2) is 43.0 Å². The summed E-state index contributed by atoms with van der Waals surface area (Å²) in [5.41, 5.74) is 0.781. The van der Waals surface area contributed by atoms with Gasteiger partial charge in [-0.2, -0.15) is 0 Å². The van der Waals surface area contributed by atoms with E-state index in [1.165, 1.54) is 6.08 Å². The number of benzene rings is 2. The van der Waals surface area contributed by atoms with Crippen molar-refractivity contribution in [3.8, 4) is 5.75 Å². The molecule has 8 heteroatoms. The highest BCUT2D eigenvalue weighted by atomic mass is 35.5. The molecule has 7 nitrogen and oxygen atoms in total. The molecule has 4 saturated heterocycles. The molecule has 7 rings (SSSR count). The summed E-state index contributed by atoms with van der Waals surface area (Å²) in [5.74, 6) is 0.945. The van der Waals surface area contributed by atoms with Gasteiger partial charge in [-0.1, -0.05) is 43.6 Å². The van der Waals surface area contributed by atoms with Crippen molar-refractivity contribution in [2.75, 3.05) is 13.2 Å². The van der Waals surface area contributed by atoms with Crippen LogP contribution in [0.15, 0.2) is 54.6 Å². The molecule has 1 spiro atoms. The van der Waals surface area contributed by atoms with Crippen LogP contribution < -0.4 is 4.74 Å². The average Bonchev–Trinajstić information content (AvgIpc) is 3.19. The second-order valence-electron chi connectivity index (χ2n) is 11.7. The Kier molecular flexibility index (Phi) is 7.81. The SMILES string of the molecule is C[C@H]1[C@@H](OCCOc2ccc(C(=O)/C=C/c3ccccc3Cl)cc2)O[C@@H]2O[C@]3(C)CC[C@H]4[C@H](C)CC[C@@H]1[C@@]24OO3. The Morgan fingerprint density at radius 3 is 2.62 bits per heavy atom. The van der Waals surface area contributed by atoms with Crippen LogP contribution in [0.3, 0.4) is 0 Å². The predicted molar refractivity (Wildman–Crippen MR) is 150 cm³/mol. The third-order valence-corrected chi connectivity index (χ3v) is 9.53. The fourth-order valence-electron chi connectivity index (χ4n) is 6.97. The monoisotopic (exact) mass is 568 g/mol. The topological polar surface area (TPSA) is 72.5 Å². The summed E-state index contributed by atoms with van der Waals surface area (Å²) < 4.78 is 25.0. The number of hydrogen-bond acceptors (Lipinski definition) is 7. The summed E-state index contributed by atoms with van der Waals surface area (Å²) >= 11 is 6.16. The van der Waals surface area contributed by atoms with E-state index in [1.54, 1.807) is 36.4 Å². The lowest BCUT2D eigenvalue weighted by Crippen LogP contribution is -2.70. The molecule has 1 saturated carbocycles. The van der Waals surface area contributed by atoms with Crippen LogP contribution in [-0.2, 0) is 24.0 Å². The van der Waals surface area contributed by atoms with E-state index in [0.29, 0.717) is 41.4 Å².